The third-order valence-corrected chi connectivity index (χ3v) is 2.96. The lowest BCUT2D eigenvalue weighted by Crippen LogP contribution is -2.17. The number of fused-ring (bicyclic) bond motifs is 1. The predicted octanol–water partition coefficient (Wildman–Crippen LogP) is 2.34. The number of carbonyl (C=O) groups excluding carboxylic acids is 2. The largest absolute Gasteiger partial charge is 0.326 e. The molecule has 90 valence electrons. The maximum atomic E-state index is 11.6. The van der Waals surface area contributed by atoms with Gasteiger partial charge in [-0.3, -0.25) is 9.59 Å². The van der Waals surface area contributed by atoms with E-state index in [-0.39, 0.29) is 23.7 Å². The van der Waals surface area contributed by atoms with Crippen LogP contribution in [0.4, 0.5) is 11.4 Å². The van der Waals surface area contributed by atoms with Crippen LogP contribution < -0.4 is 10.6 Å². The Balaban J connectivity index is 2.23. The zero-order valence-corrected chi connectivity index (χ0v) is 10.2. The van der Waals surface area contributed by atoms with E-state index in [1.54, 1.807) is 6.07 Å². The summed E-state index contributed by atoms with van der Waals surface area (Å²) in [6.07, 6.45) is 0. The van der Waals surface area contributed by atoms with Gasteiger partial charge >= 0.3 is 0 Å². The van der Waals surface area contributed by atoms with E-state index in [1.807, 2.05) is 32.9 Å². The van der Waals surface area contributed by atoms with Crippen LogP contribution in [0.5, 0.6) is 0 Å². The normalized spacial score (nSPS) is 17.9. The number of hydrogen-bond acceptors (Lipinski definition) is 2. The van der Waals surface area contributed by atoms with Crippen LogP contribution in [0.3, 0.4) is 0 Å². The van der Waals surface area contributed by atoms with Crippen LogP contribution in [0.25, 0.3) is 0 Å². The topological polar surface area (TPSA) is 58.2 Å². The van der Waals surface area contributed by atoms with Gasteiger partial charge in [0.05, 0.1) is 5.92 Å². The minimum absolute atomic E-state index is 0.00679. The SMILES string of the molecule is CC(C)C(=O)Nc1ccc2c(c1)C(C)C(=O)N2. The molecular weight excluding hydrogens is 216 g/mol. The Kier molecular flexibility index (Phi) is 2.88. The lowest BCUT2D eigenvalue weighted by molar-refractivity contribution is -0.119. The fourth-order valence-corrected chi connectivity index (χ4v) is 1.78. The number of carbonyl (C=O) groups is 2. The number of rotatable bonds is 2. The average Bonchev–Trinajstić information content (AvgIpc) is 2.55. The molecule has 1 heterocycles. The number of benzene rings is 1. The molecule has 4 heteroatoms. The average molecular weight is 232 g/mol. The zero-order chi connectivity index (χ0) is 12.6. The highest BCUT2D eigenvalue weighted by atomic mass is 16.2. The van der Waals surface area contributed by atoms with Gasteiger partial charge in [0, 0.05) is 17.3 Å². The van der Waals surface area contributed by atoms with Crippen molar-refractivity contribution in [2.24, 2.45) is 5.92 Å². The van der Waals surface area contributed by atoms with Gasteiger partial charge in [0.2, 0.25) is 11.8 Å². The lowest BCUT2D eigenvalue weighted by atomic mass is 10.0. The van der Waals surface area contributed by atoms with Crippen LogP contribution in [-0.2, 0) is 9.59 Å². The highest BCUT2D eigenvalue weighted by Gasteiger charge is 2.26. The molecule has 0 bridgehead atoms. The molecule has 0 saturated heterocycles. The molecular formula is C13H16N2O2. The van der Waals surface area contributed by atoms with Gasteiger partial charge in [-0.15, -0.1) is 0 Å². The predicted molar refractivity (Wildman–Crippen MR) is 67.0 cm³/mol. The van der Waals surface area contributed by atoms with E-state index in [0.29, 0.717) is 0 Å². The first-order chi connectivity index (χ1) is 7.99. The molecule has 4 nitrogen and oxygen atoms in total. The van der Waals surface area contributed by atoms with E-state index < -0.39 is 0 Å². The van der Waals surface area contributed by atoms with Crippen molar-refractivity contribution in [1.29, 1.82) is 0 Å². The second-order valence-corrected chi connectivity index (χ2v) is 4.66. The third-order valence-electron chi connectivity index (χ3n) is 2.96. The molecule has 17 heavy (non-hydrogen) atoms. The first-order valence-corrected chi connectivity index (χ1v) is 5.74. The summed E-state index contributed by atoms with van der Waals surface area (Å²) in [5.74, 6) is -0.219. The number of hydrogen-bond donors (Lipinski definition) is 2. The lowest BCUT2D eigenvalue weighted by Gasteiger charge is -2.09. The Labute approximate surface area is 100 Å². The van der Waals surface area contributed by atoms with Gasteiger partial charge in [0.15, 0.2) is 0 Å². The number of anilines is 2. The van der Waals surface area contributed by atoms with E-state index in [9.17, 15) is 9.59 Å². The molecule has 0 aliphatic carbocycles. The summed E-state index contributed by atoms with van der Waals surface area (Å²) in [6.45, 7) is 5.54. The highest BCUT2D eigenvalue weighted by Crippen LogP contribution is 2.34. The Morgan fingerprint density at radius 3 is 2.76 bits per heavy atom. The van der Waals surface area contributed by atoms with Crippen LogP contribution >= 0.6 is 0 Å². The molecule has 1 aliphatic rings. The van der Waals surface area contributed by atoms with E-state index in [4.69, 9.17) is 0 Å². The second-order valence-electron chi connectivity index (χ2n) is 4.66. The van der Waals surface area contributed by atoms with Gasteiger partial charge in [-0.2, -0.15) is 0 Å². The van der Waals surface area contributed by atoms with E-state index in [0.717, 1.165) is 16.9 Å². The van der Waals surface area contributed by atoms with Gasteiger partial charge in [-0.05, 0) is 30.7 Å². The van der Waals surface area contributed by atoms with Gasteiger partial charge in [0.25, 0.3) is 0 Å². The van der Waals surface area contributed by atoms with Crippen molar-refractivity contribution < 1.29 is 9.59 Å². The van der Waals surface area contributed by atoms with Crippen LogP contribution in [0.2, 0.25) is 0 Å². The van der Waals surface area contributed by atoms with Crippen molar-refractivity contribution in [1.82, 2.24) is 0 Å². The molecule has 2 rings (SSSR count). The number of amides is 2. The summed E-state index contributed by atoms with van der Waals surface area (Å²) in [5, 5.41) is 5.63. The van der Waals surface area contributed by atoms with Crippen molar-refractivity contribution in [2.45, 2.75) is 26.7 Å². The Morgan fingerprint density at radius 1 is 1.41 bits per heavy atom. The van der Waals surface area contributed by atoms with Crippen molar-refractivity contribution in [3.05, 3.63) is 23.8 Å². The third kappa shape index (κ3) is 2.16. The molecule has 0 fully saturated rings. The standard InChI is InChI=1S/C13H16N2O2/c1-7(2)12(16)14-9-4-5-11-10(6-9)8(3)13(17)15-11/h4-8H,1-3H3,(H,14,16)(H,15,17). The summed E-state index contributed by atoms with van der Waals surface area (Å²) in [6, 6.07) is 5.49. The number of nitrogens with one attached hydrogen (secondary N) is 2. The minimum Gasteiger partial charge on any atom is -0.326 e. The van der Waals surface area contributed by atoms with Crippen molar-refractivity contribution >= 4 is 23.2 Å². The van der Waals surface area contributed by atoms with E-state index in [1.165, 1.54) is 0 Å². The molecule has 1 atom stereocenters. The quantitative estimate of drug-likeness (QED) is 0.822. The molecule has 1 unspecified atom stereocenters. The van der Waals surface area contributed by atoms with Crippen LogP contribution in [-0.4, -0.2) is 11.8 Å². The van der Waals surface area contributed by atoms with Crippen molar-refractivity contribution in [3.8, 4) is 0 Å². The van der Waals surface area contributed by atoms with Crippen molar-refractivity contribution in [2.75, 3.05) is 10.6 Å². The Morgan fingerprint density at radius 2 is 2.12 bits per heavy atom. The molecule has 0 saturated carbocycles. The summed E-state index contributed by atoms with van der Waals surface area (Å²) >= 11 is 0. The fourth-order valence-electron chi connectivity index (χ4n) is 1.78. The summed E-state index contributed by atoms with van der Waals surface area (Å²) in [7, 11) is 0. The van der Waals surface area contributed by atoms with E-state index in [2.05, 4.69) is 10.6 Å². The van der Waals surface area contributed by atoms with Gasteiger partial charge in [0.1, 0.15) is 0 Å². The Bertz CT molecular complexity index is 480. The second kappa shape index (κ2) is 4.20. The Hall–Kier alpha value is -1.84. The molecule has 1 aromatic carbocycles. The summed E-state index contributed by atoms with van der Waals surface area (Å²) in [4.78, 5) is 23.0. The molecule has 0 radical (unpaired) electrons. The monoisotopic (exact) mass is 232 g/mol. The van der Waals surface area contributed by atoms with Gasteiger partial charge < -0.3 is 10.6 Å². The van der Waals surface area contributed by atoms with Gasteiger partial charge in [-0.25, -0.2) is 0 Å². The zero-order valence-electron chi connectivity index (χ0n) is 10.2. The van der Waals surface area contributed by atoms with Crippen LogP contribution in [0.1, 0.15) is 32.3 Å². The minimum atomic E-state index is -0.152. The van der Waals surface area contributed by atoms with Crippen LogP contribution in [0, 0.1) is 5.92 Å². The fraction of sp³-hybridized carbons (Fsp3) is 0.385. The molecule has 2 N–H and O–H groups in total. The maximum Gasteiger partial charge on any atom is 0.231 e. The maximum absolute atomic E-state index is 11.6. The highest BCUT2D eigenvalue weighted by molar-refractivity contribution is 6.03. The summed E-state index contributed by atoms with van der Waals surface area (Å²) < 4.78 is 0. The molecule has 2 amide bonds. The van der Waals surface area contributed by atoms with Gasteiger partial charge in [-0.1, -0.05) is 13.8 Å². The molecule has 1 aliphatic heterocycles. The molecule has 1 aromatic rings. The first-order valence-electron chi connectivity index (χ1n) is 5.74. The van der Waals surface area contributed by atoms with Crippen molar-refractivity contribution in [3.63, 3.8) is 0 Å². The molecule has 0 spiro atoms. The summed E-state index contributed by atoms with van der Waals surface area (Å²) in [5.41, 5.74) is 2.52. The van der Waals surface area contributed by atoms with Crippen LogP contribution in [0.15, 0.2) is 18.2 Å². The first kappa shape index (κ1) is 11.6. The van der Waals surface area contributed by atoms with E-state index >= 15 is 0 Å². The molecule has 0 aromatic heterocycles. The smallest absolute Gasteiger partial charge is 0.231 e.